The lowest BCUT2D eigenvalue weighted by molar-refractivity contribution is 0.0686. The Bertz CT molecular complexity index is 701. The zero-order chi connectivity index (χ0) is 18.9. The maximum Gasteiger partial charge on any atom is 0.274 e. The molecule has 1 unspecified atom stereocenters. The lowest BCUT2D eigenvalue weighted by Crippen LogP contribution is -2.36. The standard InChI is InChI=1S/C21H30N4O2.ClH/c1-27-16-15-24(13-6-9-18-7-3-2-4-8-18)21(26)20-11-14-25(23-20)19-10-5-12-22-17-19;/h2-4,7-8,11,14,19,22H,5-6,9-10,12-13,15-17H2,1H3;1H. The molecule has 0 bridgehead atoms. The zero-order valence-corrected chi connectivity index (χ0v) is 17.4. The van der Waals surface area contributed by atoms with Gasteiger partial charge in [0, 0.05) is 32.9 Å². The van der Waals surface area contributed by atoms with Crippen LogP contribution in [0, 0.1) is 0 Å². The number of aryl methyl sites for hydroxylation is 1. The zero-order valence-electron chi connectivity index (χ0n) is 16.5. The van der Waals surface area contributed by atoms with Crippen molar-refractivity contribution in [2.24, 2.45) is 0 Å². The topological polar surface area (TPSA) is 59.4 Å². The molecule has 1 aliphatic heterocycles. The van der Waals surface area contributed by atoms with Gasteiger partial charge in [-0.05, 0) is 43.9 Å². The van der Waals surface area contributed by atoms with Gasteiger partial charge in [0.1, 0.15) is 5.69 Å². The summed E-state index contributed by atoms with van der Waals surface area (Å²) in [4.78, 5) is 14.8. The molecule has 1 atom stereocenters. The number of aromatic nitrogens is 2. The highest BCUT2D eigenvalue weighted by atomic mass is 35.5. The van der Waals surface area contributed by atoms with Crippen molar-refractivity contribution in [2.45, 2.75) is 31.7 Å². The second-order valence-corrected chi connectivity index (χ2v) is 7.06. The summed E-state index contributed by atoms with van der Waals surface area (Å²) in [6.45, 7) is 3.80. The van der Waals surface area contributed by atoms with Crippen molar-refractivity contribution in [1.29, 1.82) is 0 Å². The number of halogens is 1. The van der Waals surface area contributed by atoms with Crippen LogP contribution in [0.3, 0.4) is 0 Å². The van der Waals surface area contributed by atoms with Gasteiger partial charge in [0.15, 0.2) is 0 Å². The number of piperidine rings is 1. The maximum atomic E-state index is 13.0. The molecule has 2 aromatic rings. The lowest BCUT2D eigenvalue weighted by Gasteiger charge is -2.23. The summed E-state index contributed by atoms with van der Waals surface area (Å²) in [5, 5.41) is 7.97. The van der Waals surface area contributed by atoms with E-state index in [4.69, 9.17) is 4.74 Å². The van der Waals surface area contributed by atoms with E-state index >= 15 is 0 Å². The van der Waals surface area contributed by atoms with Gasteiger partial charge in [-0.1, -0.05) is 30.3 Å². The van der Waals surface area contributed by atoms with E-state index in [2.05, 4.69) is 34.7 Å². The molecule has 2 heterocycles. The lowest BCUT2D eigenvalue weighted by atomic mass is 10.1. The van der Waals surface area contributed by atoms with Gasteiger partial charge in [-0.15, -0.1) is 12.4 Å². The van der Waals surface area contributed by atoms with Crippen LogP contribution >= 0.6 is 12.4 Å². The first-order valence-electron chi connectivity index (χ1n) is 9.86. The first kappa shape index (κ1) is 22.4. The van der Waals surface area contributed by atoms with Crippen molar-refractivity contribution in [1.82, 2.24) is 20.0 Å². The Kier molecular flexibility index (Phi) is 9.47. The number of benzene rings is 1. The van der Waals surface area contributed by atoms with Gasteiger partial charge in [0.05, 0.1) is 12.6 Å². The van der Waals surface area contributed by atoms with Crippen molar-refractivity contribution in [2.75, 3.05) is 39.9 Å². The van der Waals surface area contributed by atoms with Crippen LogP contribution in [0.15, 0.2) is 42.6 Å². The van der Waals surface area contributed by atoms with E-state index < -0.39 is 0 Å². The average molecular weight is 407 g/mol. The molecule has 1 fully saturated rings. The highest BCUT2D eigenvalue weighted by molar-refractivity contribution is 5.92. The predicted molar refractivity (Wildman–Crippen MR) is 113 cm³/mol. The Morgan fingerprint density at radius 2 is 2.11 bits per heavy atom. The molecule has 1 saturated heterocycles. The molecule has 1 amide bonds. The highest BCUT2D eigenvalue weighted by Crippen LogP contribution is 2.16. The molecule has 3 rings (SSSR count). The number of carbonyl (C=O) groups excluding carboxylic acids is 1. The first-order valence-corrected chi connectivity index (χ1v) is 9.86. The fourth-order valence-electron chi connectivity index (χ4n) is 3.51. The van der Waals surface area contributed by atoms with Crippen LogP contribution in [0.25, 0.3) is 0 Å². The third kappa shape index (κ3) is 6.33. The second-order valence-electron chi connectivity index (χ2n) is 7.06. The Morgan fingerprint density at radius 1 is 1.29 bits per heavy atom. The van der Waals surface area contributed by atoms with E-state index in [1.54, 1.807) is 7.11 Å². The molecule has 0 spiro atoms. The summed E-state index contributed by atoms with van der Waals surface area (Å²) in [7, 11) is 1.66. The quantitative estimate of drug-likeness (QED) is 0.695. The van der Waals surface area contributed by atoms with Crippen molar-refractivity contribution in [3.63, 3.8) is 0 Å². The average Bonchev–Trinajstić information content (AvgIpc) is 3.22. The SMILES string of the molecule is COCCN(CCCc1ccccc1)C(=O)c1ccn(C2CCCNC2)n1.Cl. The van der Waals surface area contributed by atoms with Gasteiger partial charge in [0.25, 0.3) is 5.91 Å². The van der Waals surface area contributed by atoms with Crippen LogP contribution in [0.2, 0.25) is 0 Å². The van der Waals surface area contributed by atoms with Crippen molar-refractivity contribution in [3.05, 3.63) is 53.9 Å². The molecule has 1 aliphatic rings. The number of hydrogen-bond donors (Lipinski definition) is 1. The fourth-order valence-corrected chi connectivity index (χ4v) is 3.51. The van der Waals surface area contributed by atoms with Gasteiger partial charge >= 0.3 is 0 Å². The van der Waals surface area contributed by atoms with Crippen LogP contribution in [0.4, 0.5) is 0 Å². The Hall–Kier alpha value is -1.89. The Labute approximate surface area is 173 Å². The van der Waals surface area contributed by atoms with Crippen LogP contribution in [-0.2, 0) is 11.2 Å². The fraction of sp³-hybridized carbons (Fsp3) is 0.524. The van der Waals surface area contributed by atoms with E-state index in [1.807, 2.05) is 27.9 Å². The van der Waals surface area contributed by atoms with Gasteiger partial charge in [-0.2, -0.15) is 5.10 Å². The van der Waals surface area contributed by atoms with E-state index in [0.717, 1.165) is 38.8 Å². The van der Waals surface area contributed by atoms with E-state index in [1.165, 1.54) is 5.56 Å². The summed E-state index contributed by atoms with van der Waals surface area (Å²) in [5.74, 6) is -0.0115. The maximum absolute atomic E-state index is 13.0. The van der Waals surface area contributed by atoms with Gasteiger partial charge < -0.3 is 15.0 Å². The minimum Gasteiger partial charge on any atom is -0.383 e. The van der Waals surface area contributed by atoms with Crippen LogP contribution in [0.1, 0.15) is 41.4 Å². The van der Waals surface area contributed by atoms with E-state index in [0.29, 0.717) is 31.4 Å². The third-order valence-corrected chi connectivity index (χ3v) is 5.06. The van der Waals surface area contributed by atoms with Crippen molar-refractivity contribution in [3.8, 4) is 0 Å². The van der Waals surface area contributed by atoms with E-state index in [9.17, 15) is 4.79 Å². The molecule has 6 nitrogen and oxygen atoms in total. The third-order valence-electron chi connectivity index (χ3n) is 5.06. The predicted octanol–water partition coefficient (Wildman–Crippen LogP) is 2.95. The minimum atomic E-state index is -0.0115. The number of rotatable bonds is 9. The summed E-state index contributed by atoms with van der Waals surface area (Å²) < 4.78 is 7.14. The number of nitrogens with one attached hydrogen (secondary N) is 1. The smallest absolute Gasteiger partial charge is 0.274 e. The molecule has 1 aromatic carbocycles. The number of nitrogens with zero attached hydrogens (tertiary/aromatic N) is 3. The van der Waals surface area contributed by atoms with Crippen LogP contribution in [0.5, 0.6) is 0 Å². The summed E-state index contributed by atoms with van der Waals surface area (Å²) in [5.41, 5.74) is 1.82. The monoisotopic (exact) mass is 406 g/mol. The second kappa shape index (κ2) is 11.8. The van der Waals surface area contributed by atoms with Gasteiger partial charge in [-0.25, -0.2) is 0 Å². The number of amides is 1. The molecule has 1 N–H and O–H groups in total. The molecule has 0 aliphatic carbocycles. The summed E-state index contributed by atoms with van der Waals surface area (Å²) >= 11 is 0. The number of hydrogen-bond acceptors (Lipinski definition) is 4. The molecule has 7 heteroatoms. The Balaban J connectivity index is 0.00000280. The van der Waals surface area contributed by atoms with Crippen LogP contribution < -0.4 is 5.32 Å². The molecule has 0 radical (unpaired) electrons. The summed E-state index contributed by atoms with van der Waals surface area (Å²) in [6.07, 6.45) is 6.07. The van der Waals surface area contributed by atoms with Crippen molar-refractivity contribution < 1.29 is 9.53 Å². The van der Waals surface area contributed by atoms with E-state index in [-0.39, 0.29) is 18.3 Å². The summed E-state index contributed by atoms with van der Waals surface area (Å²) in [6, 6.07) is 12.6. The number of methoxy groups -OCH3 is 1. The van der Waals surface area contributed by atoms with Crippen molar-refractivity contribution >= 4 is 18.3 Å². The number of ether oxygens (including phenoxy) is 1. The molecule has 0 saturated carbocycles. The first-order chi connectivity index (χ1) is 13.3. The Morgan fingerprint density at radius 3 is 2.82 bits per heavy atom. The van der Waals surface area contributed by atoms with Crippen LogP contribution in [-0.4, -0.2) is 60.5 Å². The molecular formula is C21H31ClN4O2. The largest absolute Gasteiger partial charge is 0.383 e. The molecule has 28 heavy (non-hydrogen) atoms. The molecular weight excluding hydrogens is 376 g/mol. The highest BCUT2D eigenvalue weighted by Gasteiger charge is 2.21. The van der Waals surface area contributed by atoms with Gasteiger partial charge in [0.2, 0.25) is 0 Å². The molecule has 1 aromatic heterocycles. The number of carbonyl (C=O) groups is 1. The normalized spacial score (nSPS) is 16.4. The van der Waals surface area contributed by atoms with Gasteiger partial charge in [-0.3, -0.25) is 9.48 Å². The molecule has 154 valence electrons. The minimum absolute atomic E-state index is 0.